The second-order valence-electron chi connectivity index (χ2n) is 9.21. The second-order valence-corrected chi connectivity index (χ2v) is 52.3. The minimum absolute atomic E-state index is 0.0822. The molecule has 4 nitrogen and oxygen atoms in total. The van der Waals surface area contributed by atoms with Crippen LogP contribution in [-0.4, -0.2) is 29.7 Å². The summed E-state index contributed by atoms with van der Waals surface area (Å²) >= 11 is 42.7. The van der Waals surface area contributed by atoms with Crippen LogP contribution < -0.4 is 5.32 Å². The number of likely N-dealkylation sites (tertiary alicyclic amines) is 1. The van der Waals surface area contributed by atoms with Gasteiger partial charge in [0.25, 0.3) is 0 Å². The number of ketones is 1. The summed E-state index contributed by atoms with van der Waals surface area (Å²) in [6.07, 6.45) is 6.04. The van der Waals surface area contributed by atoms with Gasteiger partial charge in [0.05, 0.1) is 0 Å². The lowest BCUT2D eigenvalue weighted by atomic mass is 9.99. The van der Waals surface area contributed by atoms with Gasteiger partial charge in [-0.3, -0.25) is 16.7 Å². The van der Waals surface area contributed by atoms with Crippen LogP contribution in [0.3, 0.4) is 0 Å². The van der Waals surface area contributed by atoms with Crippen LogP contribution in [0.25, 0.3) is 0 Å². The Labute approximate surface area is 278 Å². The molecule has 3 rings (SSSR count). The van der Waals surface area contributed by atoms with Gasteiger partial charge in [0.1, 0.15) is 5.78 Å². The number of Topliss-reactive ketones (excluding diaryl/α,β-unsaturated/α-hetero) is 1. The van der Waals surface area contributed by atoms with E-state index in [-0.39, 0.29) is 17.6 Å². The SMILES string of the molecule is CC(=O)CC1CCC(C(=O)NCc2ccc(CN3CCCC3)cc2)C1.S=[S-](=S)S(=S)(=S)S(=S)(=S)S(=S)(=S)I. The van der Waals surface area contributed by atoms with E-state index in [0.29, 0.717) is 18.9 Å². The van der Waals surface area contributed by atoms with E-state index < -0.39 is 20.8 Å². The third-order valence-corrected chi connectivity index (χ3v) is 66.8. The molecule has 1 aromatic rings. The molecule has 2 aliphatic rings. The van der Waals surface area contributed by atoms with Crippen LogP contribution in [0.15, 0.2) is 24.3 Å². The molecule has 2 unspecified atom stereocenters. The van der Waals surface area contributed by atoms with Crippen molar-refractivity contribution in [2.24, 2.45) is 11.8 Å². The first kappa shape index (κ1) is 36.4. The number of nitrogens with zero attached hydrogens (tertiary/aromatic N) is 1. The summed E-state index contributed by atoms with van der Waals surface area (Å²) < 4.78 is -1.95. The fourth-order valence-corrected chi connectivity index (χ4v) is 54.4. The highest BCUT2D eigenvalue weighted by atomic mass is 127. The lowest BCUT2D eigenvalue weighted by Gasteiger charge is -2.21. The first-order valence-corrected chi connectivity index (χ1v) is 29.3. The number of carbonyl (C=O) groups excluding carboxylic acids is 2. The summed E-state index contributed by atoms with van der Waals surface area (Å²) in [6.45, 7) is 5.69. The fourth-order valence-electron chi connectivity index (χ4n) is 4.37. The van der Waals surface area contributed by atoms with Gasteiger partial charge >= 0.3 is 0 Å². The van der Waals surface area contributed by atoms with E-state index in [0.717, 1.165) is 31.4 Å². The number of hydrogen-bond donors (Lipinski definition) is 1. The van der Waals surface area contributed by atoms with Crippen LogP contribution in [0.5, 0.6) is 0 Å². The lowest BCUT2D eigenvalue weighted by Crippen LogP contribution is -2.29. The molecule has 1 N–H and O–H groups in total. The molecule has 2 atom stereocenters. The maximum atomic E-state index is 12.3. The van der Waals surface area contributed by atoms with Gasteiger partial charge in [-0.25, -0.2) is 22.4 Å². The Balaban J connectivity index is 0.000000332. The number of benzene rings is 1. The predicted octanol–water partition coefficient (Wildman–Crippen LogP) is 4.15. The Kier molecular flexibility index (Phi) is 15.6. The number of halogens is 1. The molecule has 0 aromatic heterocycles. The molecule has 1 aliphatic carbocycles. The molecule has 216 valence electrons. The zero-order chi connectivity index (χ0) is 28.7. The molecule has 1 heterocycles. The molecular formula is C21H30IN2O2S12-. The highest BCUT2D eigenvalue weighted by molar-refractivity contribution is 14.2. The highest BCUT2D eigenvalue weighted by Crippen LogP contribution is 2.33. The van der Waals surface area contributed by atoms with Crippen LogP contribution in [0, 0.1) is 11.8 Å². The normalized spacial score (nSPS) is 20.6. The number of amides is 1. The maximum Gasteiger partial charge on any atom is 0.223 e. The summed E-state index contributed by atoms with van der Waals surface area (Å²) in [4.78, 5) is 26.1. The fraction of sp³-hybridized carbons (Fsp3) is 0.619. The molecule has 1 saturated heterocycles. The van der Waals surface area contributed by atoms with Crippen molar-refractivity contribution in [3.05, 3.63) is 35.4 Å². The topological polar surface area (TPSA) is 49.4 Å². The highest BCUT2D eigenvalue weighted by Gasteiger charge is 2.30. The van der Waals surface area contributed by atoms with E-state index >= 15 is 0 Å². The van der Waals surface area contributed by atoms with E-state index in [1.165, 1.54) is 31.5 Å². The van der Waals surface area contributed by atoms with E-state index in [1.807, 2.05) is 21.2 Å². The molecule has 2 fully saturated rings. The van der Waals surface area contributed by atoms with Crippen molar-refractivity contribution in [1.82, 2.24) is 10.2 Å². The molecule has 1 saturated carbocycles. The second kappa shape index (κ2) is 16.3. The third-order valence-electron chi connectivity index (χ3n) is 6.24. The maximum absolute atomic E-state index is 12.3. The van der Waals surface area contributed by atoms with Gasteiger partial charge in [0.2, 0.25) is 5.91 Å². The van der Waals surface area contributed by atoms with E-state index in [4.69, 9.17) is 89.5 Å². The Bertz CT molecular complexity index is 1390. The Morgan fingerprint density at radius 3 is 2.03 bits per heavy atom. The number of rotatable bonds is 10. The van der Waals surface area contributed by atoms with Crippen LogP contribution in [-0.2, 0) is 133 Å². The summed E-state index contributed by atoms with van der Waals surface area (Å²) in [5.74, 6) is 0.865. The van der Waals surface area contributed by atoms with Crippen molar-refractivity contribution in [3.63, 3.8) is 0 Å². The van der Waals surface area contributed by atoms with Gasteiger partial charge < -0.3 is 10.1 Å². The molecule has 0 radical (unpaired) electrons. The lowest BCUT2D eigenvalue weighted by molar-refractivity contribution is -0.125. The van der Waals surface area contributed by atoms with Crippen molar-refractivity contribution < 1.29 is 9.59 Å². The van der Waals surface area contributed by atoms with Crippen molar-refractivity contribution >= 4 is 143 Å². The summed E-state index contributed by atoms with van der Waals surface area (Å²) in [7, 11) is -0.951. The molecule has 1 amide bonds. The van der Waals surface area contributed by atoms with Crippen LogP contribution in [0.4, 0.5) is 0 Å². The molecular weight excluding hydrogens is 824 g/mol. The third kappa shape index (κ3) is 11.0. The van der Waals surface area contributed by atoms with Gasteiger partial charge in [-0.05, 0) is 114 Å². The Morgan fingerprint density at radius 2 is 1.55 bits per heavy atom. The van der Waals surface area contributed by atoms with Crippen LogP contribution >= 0.6 is 21.2 Å². The van der Waals surface area contributed by atoms with Crippen LogP contribution in [0.2, 0.25) is 0 Å². The van der Waals surface area contributed by atoms with Gasteiger partial charge in [0, 0.05) is 55.2 Å². The smallest absolute Gasteiger partial charge is 0.223 e. The Morgan fingerprint density at radius 1 is 1.00 bits per heavy atom. The monoisotopic (exact) mass is 853 g/mol. The van der Waals surface area contributed by atoms with Gasteiger partial charge in [-0.2, -0.15) is 0 Å². The number of nitrogens with one attached hydrogen (secondary N) is 1. The standard InChI is InChI=1S/C21H30N2O2.IS12/c1-16(24)12-19-8-9-20(13-19)21(25)22-14-17-4-6-18(7-5-17)15-23-10-2-3-11-23;1-11(4,5)13(8,9)12(6,7)10(2)3/h4-7,19-20H,2-3,8-15H2,1H3,(H,22,25);/q;-1. The molecule has 1 aliphatic heterocycles. The van der Waals surface area contributed by atoms with E-state index in [1.54, 1.807) is 6.92 Å². The largest absolute Gasteiger partial charge is 0.352 e. The molecule has 17 heteroatoms. The van der Waals surface area contributed by atoms with E-state index in [9.17, 15) is 9.59 Å². The number of hydrogen-bond acceptors (Lipinski definition) is 12. The van der Waals surface area contributed by atoms with Crippen molar-refractivity contribution in [2.75, 3.05) is 13.1 Å². The number of carbonyl (C=O) groups is 2. The average Bonchev–Trinajstić information content (AvgIpc) is 3.50. The van der Waals surface area contributed by atoms with Crippen molar-refractivity contribution in [2.45, 2.75) is 58.5 Å². The van der Waals surface area contributed by atoms with Gasteiger partial charge in [-0.15, -0.1) is 0 Å². The molecule has 1 aromatic carbocycles. The first-order chi connectivity index (χ1) is 17.5. The van der Waals surface area contributed by atoms with E-state index in [2.05, 4.69) is 34.5 Å². The summed E-state index contributed by atoms with van der Waals surface area (Å²) in [5.41, 5.74) is 2.50. The zero-order valence-corrected chi connectivity index (χ0v) is 32.5. The molecule has 0 bridgehead atoms. The molecule has 0 spiro atoms. The summed E-state index contributed by atoms with van der Waals surface area (Å²) in [6, 6.07) is 8.61. The predicted molar refractivity (Wildman–Crippen MR) is 201 cm³/mol. The van der Waals surface area contributed by atoms with Crippen LogP contribution in [0.1, 0.15) is 56.6 Å². The van der Waals surface area contributed by atoms with Crippen molar-refractivity contribution in [3.8, 4) is 0 Å². The van der Waals surface area contributed by atoms with Crippen molar-refractivity contribution in [1.29, 1.82) is 0 Å². The van der Waals surface area contributed by atoms with Gasteiger partial charge in [0.15, 0.2) is 0 Å². The average molecular weight is 854 g/mol. The summed E-state index contributed by atoms with van der Waals surface area (Å²) in [5, 5.41) is -1.29. The quantitative estimate of drug-likeness (QED) is 0.160. The minimum Gasteiger partial charge on any atom is -0.352 e. The van der Waals surface area contributed by atoms with Gasteiger partial charge in [-0.1, -0.05) is 51.9 Å². The minimum atomic E-state index is -2.19. The zero-order valence-electron chi connectivity index (χ0n) is 20.6. The Hall–Kier alpha value is 2.21. The first-order valence-electron chi connectivity index (χ1n) is 11.7. The molecule has 38 heavy (non-hydrogen) atoms.